The number of aliphatic hydroxyl groups is 1. The molecular formula is C22H37F3N2O7S. The van der Waals surface area contributed by atoms with E-state index in [0.29, 0.717) is 6.92 Å². The Morgan fingerprint density at radius 2 is 1.63 bits per heavy atom. The highest BCUT2D eigenvalue weighted by Gasteiger charge is 2.51. The summed E-state index contributed by atoms with van der Waals surface area (Å²) in [6.45, 7) is 7.61. The van der Waals surface area contributed by atoms with E-state index in [4.69, 9.17) is 9.47 Å². The highest BCUT2D eigenvalue weighted by molar-refractivity contribution is 7.88. The van der Waals surface area contributed by atoms with Crippen LogP contribution in [0.5, 0.6) is 0 Å². The van der Waals surface area contributed by atoms with Crippen LogP contribution < -0.4 is 4.72 Å². The Bertz CT molecular complexity index is 886. The molecule has 5 unspecified atom stereocenters. The first-order valence-corrected chi connectivity index (χ1v) is 13.0. The molecule has 0 spiro atoms. The van der Waals surface area contributed by atoms with Gasteiger partial charge in [0.05, 0.1) is 23.2 Å². The van der Waals surface area contributed by atoms with Crippen molar-refractivity contribution in [1.29, 1.82) is 5.26 Å². The van der Waals surface area contributed by atoms with Gasteiger partial charge in [0.25, 0.3) is 0 Å². The van der Waals surface area contributed by atoms with Crippen LogP contribution in [0.3, 0.4) is 0 Å². The van der Waals surface area contributed by atoms with E-state index in [1.807, 2.05) is 6.07 Å². The van der Waals surface area contributed by atoms with Gasteiger partial charge in [0.15, 0.2) is 5.60 Å². The number of hydrogen-bond donors (Lipinski definition) is 2. The number of carbonyl (C=O) groups excluding carboxylic acids is 2. The Morgan fingerprint density at radius 3 is 2.06 bits per heavy atom. The molecule has 9 nitrogen and oxygen atoms in total. The summed E-state index contributed by atoms with van der Waals surface area (Å²) in [6.07, 6.45) is -6.08. The number of halogens is 3. The molecule has 0 saturated heterocycles. The van der Waals surface area contributed by atoms with Crippen molar-refractivity contribution < 1.29 is 45.8 Å². The number of sulfonamides is 1. The molecule has 0 aliphatic carbocycles. The van der Waals surface area contributed by atoms with Crippen LogP contribution in [0, 0.1) is 28.1 Å². The monoisotopic (exact) mass is 530 g/mol. The van der Waals surface area contributed by atoms with Crippen molar-refractivity contribution in [3.63, 3.8) is 0 Å². The van der Waals surface area contributed by atoms with Crippen LogP contribution in [0.4, 0.5) is 13.2 Å². The lowest BCUT2D eigenvalue weighted by molar-refractivity contribution is -0.261. The molecule has 0 bridgehead atoms. The van der Waals surface area contributed by atoms with Gasteiger partial charge in [-0.2, -0.15) is 18.4 Å². The standard InChI is InChI=1S/C22H37F3N2O7S/c1-8-19(4,18(29)34-16(3)12-21(6,30)22(23,24)25)14-20(5,11-15(2)13-26)17(28)33-10-9-27-35(7,31)32/h15-16,27,30H,8-12,14H2,1-7H3. The van der Waals surface area contributed by atoms with Crippen LogP contribution in [0.25, 0.3) is 0 Å². The summed E-state index contributed by atoms with van der Waals surface area (Å²) in [7, 11) is -3.49. The van der Waals surface area contributed by atoms with Crippen LogP contribution >= 0.6 is 0 Å². The number of ether oxygens (including phenoxy) is 2. The summed E-state index contributed by atoms with van der Waals surface area (Å²) >= 11 is 0. The SMILES string of the molecule is CCC(C)(CC(C)(CC(C)C#N)C(=O)OCCNS(C)(=O)=O)C(=O)OC(C)CC(C)(O)C(F)(F)F. The number of alkyl halides is 3. The van der Waals surface area contributed by atoms with Gasteiger partial charge in [0.1, 0.15) is 12.7 Å². The van der Waals surface area contributed by atoms with E-state index in [9.17, 15) is 41.5 Å². The molecule has 0 amide bonds. The number of esters is 2. The van der Waals surface area contributed by atoms with Crippen molar-refractivity contribution in [1.82, 2.24) is 4.72 Å². The first-order chi connectivity index (χ1) is 15.6. The average Bonchev–Trinajstić information content (AvgIpc) is 2.68. The van der Waals surface area contributed by atoms with Crippen LogP contribution in [-0.2, 0) is 29.1 Å². The third kappa shape index (κ3) is 10.7. The number of rotatable bonds is 14. The van der Waals surface area contributed by atoms with E-state index in [-0.39, 0.29) is 32.4 Å². The molecule has 0 aromatic rings. The summed E-state index contributed by atoms with van der Waals surface area (Å²) < 4.78 is 73.9. The summed E-state index contributed by atoms with van der Waals surface area (Å²) in [5.41, 5.74) is -5.74. The molecule has 0 aliphatic heterocycles. The normalized spacial score (nSPS) is 19.3. The molecule has 0 aromatic carbocycles. The molecule has 13 heteroatoms. The van der Waals surface area contributed by atoms with Crippen LogP contribution in [0.2, 0.25) is 0 Å². The Labute approximate surface area is 205 Å². The van der Waals surface area contributed by atoms with Gasteiger partial charge in [-0.25, -0.2) is 13.1 Å². The van der Waals surface area contributed by atoms with Crippen LogP contribution in [0.15, 0.2) is 0 Å². The molecule has 0 saturated carbocycles. The van der Waals surface area contributed by atoms with Crippen LogP contribution in [0.1, 0.15) is 67.2 Å². The van der Waals surface area contributed by atoms with Crippen molar-refractivity contribution in [3.8, 4) is 6.07 Å². The largest absolute Gasteiger partial charge is 0.464 e. The summed E-state index contributed by atoms with van der Waals surface area (Å²) in [4.78, 5) is 25.9. The summed E-state index contributed by atoms with van der Waals surface area (Å²) in [5, 5.41) is 18.9. The first kappa shape index (κ1) is 33.1. The predicted octanol–water partition coefficient (Wildman–Crippen LogP) is 3.08. The number of hydrogen-bond acceptors (Lipinski definition) is 8. The zero-order valence-corrected chi connectivity index (χ0v) is 22.1. The van der Waals surface area contributed by atoms with E-state index in [1.165, 1.54) is 20.8 Å². The van der Waals surface area contributed by atoms with Crippen molar-refractivity contribution in [2.45, 2.75) is 85.1 Å². The Morgan fingerprint density at radius 1 is 1.09 bits per heavy atom. The fraction of sp³-hybridized carbons (Fsp3) is 0.864. The minimum atomic E-state index is -4.91. The fourth-order valence-electron chi connectivity index (χ4n) is 3.74. The number of nitriles is 1. The van der Waals surface area contributed by atoms with Crippen molar-refractivity contribution in [2.24, 2.45) is 16.7 Å². The quantitative estimate of drug-likeness (QED) is 0.258. The number of carbonyl (C=O) groups is 2. The smallest absolute Gasteiger partial charge is 0.417 e. The Balaban J connectivity index is 5.64. The van der Waals surface area contributed by atoms with E-state index in [1.54, 1.807) is 13.8 Å². The highest BCUT2D eigenvalue weighted by atomic mass is 32.2. The molecule has 0 fully saturated rings. The van der Waals surface area contributed by atoms with Gasteiger partial charge in [0, 0.05) is 18.9 Å². The van der Waals surface area contributed by atoms with E-state index >= 15 is 0 Å². The maximum atomic E-state index is 13.0. The van der Waals surface area contributed by atoms with Gasteiger partial charge < -0.3 is 14.6 Å². The Hall–Kier alpha value is -1.91. The van der Waals surface area contributed by atoms with Gasteiger partial charge in [-0.15, -0.1) is 0 Å². The minimum Gasteiger partial charge on any atom is -0.464 e. The van der Waals surface area contributed by atoms with Crippen molar-refractivity contribution in [3.05, 3.63) is 0 Å². The summed E-state index contributed by atoms with van der Waals surface area (Å²) in [5.74, 6) is -2.21. The third-order valence-electron chi connectivity index (χ3n) is 5.83. The zero-order valence-electron chi connectivity index (χ0n) is 21.3. The predicted molar refractivity (Wildman–Crippen MR) is 121 cm³/mol. The lowest BCUT2D eigenvalue weighted by Gasteiger charge is -2.37. The van der Waals surface area contributed by atoms with Crippen molar-refractivity contribution in [2.75, 3.05) is 19.4 Å². The van der Waals surface area contributed by atoms with Gasteiger partial charge in [-0.3, -0.25) is 9.59 Å². The maximum absolute atomic E-state index is 13.0. The number of nitrogens with zero attached hydrogens (tertiary/aromatic N) is 1. The van der Waals surface area contributed by atoms with Gasteiger partial charge in [-0.1, -0.05) is 6.92 Å². The molecular weight excluding hydrogens is 493 g/mol. The molecule has 0 radical (unpaired) electrons. The molecule has 0 aliphatic rings. The average molecular weight is 531 g/mol. The second-order valence-electron chi connectivity index (χ2n) is 9.88. The highest BCUT2D eigenvalue weighted by Crippen LogP contribution is 2.43. The summed E-state index contributed by atoms with van der Waals surface area (Å²) in [6, 6.07) is 2.02. The molecule has 204 valence electrons. The van der Waals surface area contributed by atoms with E-state index in [2.05, 4.69) is 4.72 Å². The fourth-order valence-corrected chi connectivity index (χ4v) is 4.19. The lowest BCUT2D eigenvalue weighted by Crippen LogP contribution is -2.46. The molecule has 0 rings (SSSR count). The Kier molecular flexibility index (Phi) is 11.7. The van der Waals surface area contributed by atoms with Gasteiger partial charge >= 0.3 is 18.1 Å². The first-order valence-electron chi connectivity index (χ1n) is 11.1. The van der Waals surface area contributed by atoms with Crippen LogP contribution in [-0.4, -0.2) is 62.8 Å². The molecule has 5 atom stereocenters. The molecule has 0 aromatic heterocycles. The number of nitrogens with one attached hydrogen (secondary N) is 1. The zero-order chi connectivity index (χ0) is 27.9. The van der Waals surface area contributed by atoms with Gasteiger partial charge in [-0.05, 0) is 53.9 Å². The molecule has 0 heterocycles. The lowest BCUT2D eigenvalue weighted by atomic mass is 9.68. The molecule has 35 heavy (non-hydrogen) atoms. The maximum Gasteiger partial charge on any atom is 0.417 e. The van der Waals surface area contributed by atoms with E-state index in [0.717, 1.165) is 6.26 Å². The van der Waals surface area contributed by atoms with Crippen molar-refractivity contribution >= 4 is 22.0 Å². The van der Waals surface area contributed by atoms with Gasteiger partial charge in [0.2, 0.25) is 10.0 Å². The minimum absolute atomic E-state index is 0.0169. The topological polar surface area (TPSA) is 143 Å². The third-order valence-corrected chi connectivity index (χ3v) is 6.56. The second-order valence-corrected chi connectivity index (χ2v) is 11.7. The van der Waals surface area contributed by atoms with E-state index < -0.39 is 63.0 Å². The molecule has 2 N–H and O–H groups in total. The second kappa shape index (κ2) is 12.4.